The molecule has 1 unspecified atom stereocenters. The molecule has 0 saturated heterocycles. The Morgan fingerprint density at radius 2 is 1.68 bits per heavy atom. The molecule has 37 heavy (non-hydrogen) atoms. The maximum Gasteiger partial charge on any atom is 0.350 e. The number of carboxylic acids is 1. The first-order valence-electron chi connectivity index (χ1n) is 12.5. The Hall–Kier alpha value is -3.37. The fourth-order valence-electron chi connectivity index (χ4n) is 4.99. The fourth-order valence-corrected chi connectivity index (χ4v) is 6.07. The number of hydrazine groups is 1. The van der Waals surface area contributed by atoms with Crippen molar-refractivity contribution in [1.82, 2.24) is 10.3 Å². The van der Waals surface area contributed by atoms with Gasteiger partial charge >= 0.3 is 5.97 Å². The zero-order chi connectivity index (χ0) is 26.8. The molecule has 2 aliphatic rings. The van der Waals surface area contributed by atoms with Crippen molar-refractivity contribution in [2.24, 2.45) is 11.8 Å². The molecule has 1 saturated carbocycles. The third-order valence-corrected chi connectivity index (χ3v) is 8.43. The van der Waals surface area contributed by atoms with Crippen LogP contribution in [0.3, 0.4) is 0 Å². The van der Waals surface area contributed by atoms with Crippen LogP contribution in [0, 0.1) is 11.8 Å². The summed E-state index contributed by atoms with van der Waals surface area (Å²) in [5.41, 5.74) is 2.23. The van der Waals surface area contributed by atoms with E-state index in [0.717, 1.165) is 25.7 Å². The highest BCUT2D eigenvalue weighted by Crippen LogP contribution is 2.34. The van der Waals surface area contributed by atoms with Gasteiger partial charge in [0.15, 0.2) is 0 Å². The summed E-state index contributed by atoms with van der Waals surface area (Å²) < 4.78 is 27.8. The van der Waals surface area contributed by atoms with Crippen LogP contribution in [0.5, 0.6) is 0 Å². The van der Waals surface area contributed by atoms with Crippen molar-refractivity contribution in [3.8, 4) is 0 Å². The fraction of sp³-hybridized carbons (Fsp3) is 0.407. The van der Waals surface area contributed by atoms with Crippen LogP contribution in [0.15, 0.2) is 71.8 Å². The quantitative estimate of drug-likeness (QED) is 0.472. The Morgan fingerprint density at radius 3 is 2.24 bits per heavy atom. The first-order chi connectivity index (χ1) is 17.5. The van der Waals surface area contributed by atoms with E-state index in [9.17, 15) is 23.1 Å². The zero-order valence-corrected chi connectivity index (χ0v) is 22.1. The van der Waals surface area contributed by atoms with Crippen LogP contribution in [0.4, 0.5) is 11.4 Å². The number of anilines is 2. The minimum Gasteiger partial charge on any atom is -0.478 e. The Balaban J connectivity index is 1.52. The van der Waals surface area contributed by atoms with E-state index < -0.39 is 21.7 Å². The van der Waals surface area contributed by atoms with Gasteiger partial charge in [0.2, 0.25) is 11.6 Å². The van der Waals surface area contributed by atoms with Crippen molar-refractivity contribution >= 4 is 33.3 Å². The second-order valence-corrected chi connectivity index (χ2v) is 11.8. The van der Waals surface area contributed by atoms with Crippen LogP contribution in [0.1, 0.15) is 46.5 Å². The second-order valence-electron chi connectivity index (χ2n) is 10.1. The number of amides is 1. The SMILES string of the molecule is CC(C)N(C(=O)[C@H]1CC[C@H](C)CC1)C1(C(=O)O)C=CN(c2ccc(NS(=O)(=O)c3ccccc3)cc2)N1. The van der Waals surface area contributed by atoms with Crippen molar-refractivity contribution in [3.05, 3.63) is 66.9 Å². The molecule has 1 aliphatic heterocycles. The zero-order valence-electron chi connectivity index (χ0n) is 21.3. The minimum absolute atomic E-state index is 0.153. The highest BCUT2D eigenvalue weighted by molar-refractivity contribution is 7.92. The smallest absolute Gasteiger partial charge is 0.350 e. The molecule has 0 radical (unpaired) electrons. The highest BCUT2D eigenvalue weighted by atomic mass is 32.2. The Bertz CT molecular complexity index is 1260. The molecule has 1 atom stereocenters. The van der Waals surface area contributed by atoms with Gasteiger partial charge in [0, 0.05) is 23.8 Å². The number of hydrogen-bond acceptors (Lipinski definition) is 6. The van der Waals surface area contributed by atoms with E-state index in [2.05, 4.69) is 17.1 Å². The summed E-state index contributed by atoms with van der Waals surface area (Å²) in [6, 6.07) is 14.2. The second kappa shape index (κ2) is 10.5. The molecule has 1 aliphatic carbocycles. The summed E-state index contributed by atoms with van der Waals surface area (Å²) in [7, 11) is -3.73. The van der Waals surface area contributed by atoms with Gasteiger partial charge in [-0.05, 0) is 87.9 Å². The molecule has 0 bridgehead atoms. The molecule has 198 valence electrons. The largest absolute Gasteiger partial charge is 0.478 e. The summed E-state index contributed by atoms with van der Waals surface area (Å²) >= 11 is 0. The number of sulfonamides is 1. The number of hydrogen-bond donors (Lipinski definition) is 3. The van der Waals surface area contributed by atoms with E-state index in [0.29, 0.717) is 17.3 Å². The van der Waals surface area contributed by atoms with Gasteiger partial charge < -0.3 is 10.0 Å². The topological polar surface area (TPSA) is 119 Å². The van der Waals surface area contributed by atoms with Crippen molar-refractivity contribution in [3.63, 3.8) is 0 Å². The molecule has 9 nitrogen and oxygen atoms in total. The molecule has 3 N–H and O–H groups in total. The molecular formula is C27H34N4O5S. The number of rotatable bonds is 8. The molecule has 1 fully saturated rings. The van der Waals surface area contributed by atoms with Gasteiger partial charge in [0.1, 0.15) is 0 Å². The van der Waals surface area contributed by atoms with E-state index in [4.69, 9.17) is 0 Å². The molecule has 2 aromatic carbocycles. The standard InChI is InChI=1S/C27H34N4O5S/c1-19(2)31(25(32)21-11-9-20(3)10-12-21)27(26(33)34)17-18-30(29-27)23-15-13-22(14-16-23)28-37(35,36)24-7-5-4-6-8-24/h4-8,13-21,28-29H,9-12H2,1-3H3,(H,33,34)/t20-,21-,27?. The molecule has 1 amide bonds. The van der Waals surface area contributed by atoms with Crippen LogP contribution in [-0.2, 0) is 19.6 Å². The molecule has 4 rings (SSSR count). The molecule has 0 spiro atoms. The van der Waals surface area contributed by atoms with Crippen LogP contribution in [0.25, 0.3) is 0 Å². The highest BCUT2D eigenvalue weighted by Gasteiger charge is 2.51. The lowest BCUT2D eigenvalue weighted by Crippen LogP contribution is -2.67. The van der Waals surface area contributed by atoms with Crippen molar-refractivity contribution < 1.29 is 23.1 Å². The molecule has 2 aromatic rings. The summed E-state index contributed by atoms with van der Waals surface area (Å²) in [5, 5.41) is 11.8. The predicted molar refractivity (Wildman–Crippen MR) is 142 cm³/mol. The van der Waals surface area contributed by atoms with Crippen LogP contribution < -0.4 is 15.2 Å². The van der Waals surface area contributed by atoms with E-state index in [1.54, 1.807) is 48.7 Å². The lowest BCUT2D eigenvalue weighted by atomic mass is 9.81. The maximum atomic E-state index is 13.6. The Morgan fingerprint density at radius 1 is 1.05 bits per heavy atom. The summed E-state index contributed by atoms with van der Waals surface area (Å²) in [5.74, 6) is -0.959. The number of nitrogens with one attached hydrogen (secondary N) is 2. The number of carbonyl (C=O) groups excluding carboxylic acids is 1. The molecular weight excluding hydrogens is 492 g/mol. The summed E-state index contributed by atoms with van der Waals surface area (Å²) in [6.07, 6.45) is 6.50. The van der Waals surface area contributed by atoms with Crippen LogP contribution in [-0.4, -0.2) is 42.0 Å². The predicted octanol–water partition coefficient (Wildman–Crippen LogP) is 4.17. The summed E-state index contributed by atoms with van der Waals surface area (Å²) in [4.78, 5) is 27.8. The van der Waals surface area contributed by atoms with E-state index >= 15 is 0 Å². The van der Waals surface area contributed by atoms with Gasteiger partial charge in [0.05, 0.1) is 10.6 Å². The third kappa shape index (κ3) is 5.50. The van der Waals surface area contributed by atoms with E-state index in [1.165, 1.54) is 28.1 Å². The summed E-state index contributed by atoms with van der Waals surface area (Å²) in [6.45, 7) is 5.82. The van der Waals surface area contributed by atoms with Gasteiger partial charge in [-0.1, -0.05) is 25.1 Å². The Labute approximate surface area is 218 Å². The van der Waals surface area contributed by atoms with Crippen molar-refractivity contribution in [2.45, 2.75) is 63.1 Å². The molecule has 1 heterocycles. The minimum atomic E-state index is -3.73. The monoisotopic (exact) mass is 526 g/mol. The Kier molecular flexibility index (Phi) is 7.61. The molecule has 10 heteroatoms. The van der Waals surface area contributed by atoms with Gasteiger partial charge in [-0.15, -0.1) is 0 Å². The van der Waals surface area contributed by atoms with Crippen LogP contribution >= 0.6 is 0 Å². The number of nitrogens with zero attached hydrogens (tertiary/aromatic N) is 2. The number of aliphatic carboxylic acids is 1. The maximum absolute atomic E-state index is 13.6. The lowest BCUT2D eigenvalue weighted by molar-refractivity contribution is -0.162. The first kappa shape index (κ1) is 26.7. The number of benzene rings is 2. The lowest BCUT2D eigenvalue weighted by Gasteiger charge is -2.43. The van der Waals surface area contributed by atoms with Gasteiger partial charge in [-0.3, -0.25) is 14.5 Å². The van der Waals surface area contributed by atoms with E-state index in [-0.39, 0.29) is 22.8 Å². The van der Waals surface area contributed by atoms with E-state index in [1.807, 2.05) is 13.8 Å². The third-order valence-electron chi connectivity index (χ3n) is 7.03. The van der Waals surface area contributed by atoms with Gasteiger partial charge in [-0.2, -0.15) is 5.43 Å². The average Bonchev–Trinajstić information content (AvgIpc) is 3.31. The number of carboxylic acid groups (broad SMARTS) is 1. The van der Waals surface area contributed by atoms with Crippen molar-refractivity contribution in [2.75, 3.05) is 9.73 Å². The van der Waals surface area contributed by atoms with Gasteiger partial charge in [0.25, 0.3) is 10.0 Å². The normalized spacial score (nSPS) is 23.7. The number of carbonyl (C=O) groups is 2. The first-order valence-corrected chi connectivity index (χ1v) is 14.0. The average molecular weight is 527 g/mol. The van der Waals surface area contributed by atoms with Crippen LogP contribution in [0.2, 0.25) is 0 Å². The van der Waals surface area contributed by atoms with Crippen molar-refractivity contribution in [1.29, 1.82) is 0 Å². The molecule has 0 aromatic heterocycles. The van der Waals surface area contributed by atoms with Gasteiger partial charge in [-0.25, -0.2) is 13.2 Å².